The highest BCUT2D eigenvalue weighted by molar-refractivity contribution is 7.86. The minimum atomic E-state index is -5.25. The van der Waals surface area contributed by atoms with Crippen molar-refractivity contribution >= 4 is 10.1 Å². The normalized spacial score (nSPS) is 12.7. The Morgan fingerprint density at radius 2 is 1.05 bits per heavy atom. The van der Waals surface area contributed by atoms with Crippen molar-refractivity contribution < 1.29 is 21.8 Å². The van der Waals surface area contributed by atoms with Crippen molar-refractivity contribution in [2.75, 3.05) is 0 Å². The van der Waals surface area contributed by atoms with Crippen LogP contribution < -0.4 is 0 Å². The van der Waals surface area contributed by atoms with Gasteiger partial charge in [-0.2, -0.15) is 17.2 Å². The molecule has 0 radical (unpaired) electrons. The molecule has 3 nitrogen and oxygen atoms in total. The van der Waals surface area contributed by atoms with Crippen LogP contribution in [0.4, 0.5) is 8.78 Å². The van der Waals surface area contributed by atoms with Crippen LogP contribution in [0.1, 0.15) is 96.8 Å². The first-order chi connectivity index (χ1) is 10.3. The molecule has 0 aliphatic heterocycles. The maximum Gasteiger partial charge on any atom is 0.370 e. The van der Waals surface area contributed by atoms with Crippen LogP contribution >= 0.6 is 0 Å². The Kier molecular flexibility index (Phi) is 12.1. The third kappa shape index (κ3) is 11.4. The fraction of sp³-hybridized carbons (Fsp3) is 1.00. The van der Waals surface area contributed by atoms with Crippen molar-refractivity contribution in [3.8, 4) is 0 Å². The summed E-state index contributed by atoms with van der Waals surface area (Å²) in [4.78, 5) is 0. The molecular weight excluding hydrogens is 310 g/mol. The SMILES string of the molecule is CCCCCCCCCCCCCCCC(F)(F)S(=O)(=O)O. The summed E-state index contributed by atoms with van der Waals surface area (Å²) in [6.45, 7) is 2.21. The molecule has 0 bridgehead atoms. The van der Waals surface area contributed by atoms with Crippen molar-refractivity contribution in [1.29, 1.82) is 0 Å². The Labute approximate surface area is 134 Å². The Bertz CT molecular complexity index is 356. The largest absolute Gasteiger partial charge is 0.370 e. The Balaban J connectivity index is 3.31. The standard InChI is InChI=1S/C16H32F2O3S/c1-2-3-4-5-6-7-8-9-10-11-12-13-14-15-16(17,18)22(19,20)21/h2-15H2,1H3,(H,19,20,21). The molecule has 0 rings (SSSR count). The van der Waals surface area contributed by atoms with Crippen molar-refractivity contribution in [3.63, 3.8) is 0 Å². The van der Waals surface area contributed by atoms with Gasteiger partial charge in [-0.25, -0.2) is 0 Å². The lowest BCUT2D eigenvalue weighted by atomic mass is 10.0. The minimum Gasteiger partial charge on any atom is -0.281 e. The van der Waals surface area contributed by atoms with Gasteiger partial charge in [-0.05, 0) is 6.42 Å². The van der Waals surface area contributed by atoms with Crippen LogP contribution in [0.5, 0.6) is 0 Å². The van der Waals surface area contributed by atoms with Gasteiger partial charge in [-0.3, -0.25) is 4.55 Å². The summed E-state index contributed by atoms with van der Waals surface area (Å²) in [7, 11) is -5.25. The fourth-order valence-corrected chi connectivity index (χ4v) is 2.88. The molecule has 0 aromatic heterocycles. The maximum atomic E-state index is 12.9. The molecule has 0 aromatic carbocycles. The van der Waals surface area contributed by atoms with Gasteiger partial charge in [0.1, 0.15) is 0 Å². The van der Waals surface area contributed by atoms with Crippen LogP contribution in [0.2, 0.25) is 0 Å². The second-order valence-corrected chi connectivity index (χ2v) is 7.65. The molecule has 22 heavy (non-hydrogen) atoms. The minimum absolute atomic E-state index is 0.129. The van der Waals surface area contributed by atoms with E-state index in [9.17, 15) is 17.2 Å². The van der Waals surface area contributed by atoms with E-state index in [1.165, 1.54) is 51.4 Å². The predicted octanol–water partition coefficient (Wildman–Crippen LogP) is 5.95. The molecule has 134 valence electrons. The van der Waals surface area contributed by atoms with E-state index in [1.54, 1.807) is 0 Å². The van der Waals surface area contributed by atoms with Crippen LogP contribution in [0, 0.1) is 0 Å². The molecular formula is C16H32F2O3S. The molecule has 0 fully saturated rings. The van der Waals surface area contributed by atoms with Gasteiger partial charge in [0.25, 0.3) is 0 Å². The topological polar surface area (TPSA) is 54.4 Å². The first kappa shape index (κ1) is 21.8. The second-order valence-electron chi connectivity index (χ2n) is 6.11. The average molecular weight is 342 g/mol. The molecule has 1 N–H and O–H groups in total. The number of hydrogen-bond donors (Lipinski definition) is 1. The highest BCUT2D eigenvalue weighted by Crippen LogP contribution is 2.27. The van der Waals surface area contributed by atoms with E-state index in [2.05, 4.69) is 6.92 Å². The third-order valence-electron chi connectivity index (χ3n) is 3.95. The Morgan fingerprint density at radius 3 is 1.36 bits per heavy atom. The molecule has 0 amide bonds. The smallest absolute Gasteiger partial charge is 0.281 e. The van der Waals surface area contributed by atoms with Crippen LogP contribution in [-0.2, 0) is 10.1 Å². The molecule has 6 heteroatoms. The third-order valence-corrected chi connectivity index (χ3v) is 4.91. The highest BCUT2D eigenvalue weighted by atomic mass is 32.2. The number of alkyl halides is 2. The van der Waals surface area contributed by atoms with Crippen molar-refractivity contribution in [3.05, 3.63) is 0 Å². The average Bonchev–Trinajstić information content (AvgIpc) is 2.42. The Hall–Kier alpha value is -0.230. The molecule has 0 spiro atoms. The van der Waals surface area contributed by atoms with Gasteiger partial charge in [-0.15, -0.1) is 0 Å². The maximum absolute atomic E-state index is 12.9. The predicted molar refractivity (Wildman–Crippen MR) is 86.8 cm³/mol. The van der Waals surface area contributed by atoms with Crippen LogP contribution in [0.15, 0.2) is 0 Å². The second kappa shape index (κ2) is 12.2. The Morgan fingerprint density at radius 1 is 0.727 bits per heavy atom. The quantitative estimate of drug-likeness (QED) is 0.295. The highest BCUT2D eigenvalue weighted by Gasteiger charge is 2.42. The zero-order valence-corrected chi connectivity index (χ0v) is 14.6. The van der Waals surface area contributed by atoms with Gasteiger partial charge in [-0.1, -0.05) is 84.0 Å². The van der Waals surface area contributed by atoms with Gasteiger partial charge in [0.15, 0.2) is 0 Å². The lowest BCUT2D eigenvalue weighted by Crippen LogP contribution is -2.27. The first-order valence-corrected chi connectivity index (χ1v) is 10.1. The van der Waals surface area contributed by atoms with E-state index in [1.807, 2.05) is 0 Å². The summed E-state index contributed by atoms with van der Waals surface area (Å²) in [5.74, 6) is 0. The van der Waals surface area contributed by atoms with Crippen molar-refractivity contribution in [1.82, 2.24) is 0 Å². The molecule has 0 saturated heterocycles. The fourth-order valence-electron chi connectivity index (χ4n) is 2.48. The molecule has 0 saturated carbocycles. The molecule has 0 aromatic rings. The van der Waals surface area contributed by atoms with Crippen molar-refractivity contribution in [2.24, 2.45) is 0 Å². The first-order valence-electron chi connectivity index (χ1n) is 8.66. The molecule has 0 heterocycles. The van der Waals surface area contributed by atoms with Gasteiger partial charge < -0.3 is 0 Å². The summed E-state index contributed by atoms with van der Waals surface area (Å²) in [6.07, 6.45) is 13.2. The number of rotatable bonds is 15. The zero-order chi connectivity index (χ0) is 16.9. The van der Waals surface area contributed by atoms with E-state index < -0.39 is 21.8 Å². The summed E-state index contributed by atoms with van der Waals surface area (Å²) in [5, 5.41) is -4.00. The summed E-state index contributed by atoms with van der Waals surface area (Å²) in [5.41, 5.74) is 0. The monoisotopic (exact) mass is 342 g/mol. The van der Waals surface area contributed by atoms with E-state index in [0.29, 0.717) is 6.42 Å². The lowest BCUT2D eigenvalue weighted by molar-refractivity contribution is 0.0683. The van der Waals surface area contributed by atoms with E-state index in [-0.39, 0.29) is 6.42 Å². The van der Waals surface area contributed by atoms with Gasteiger partial charge in [0.05, 0.1) is 0 Å². The molecule has 0 aliphatic rings. The zero-order valence-electron chi connectivity index (χ0n) is 13.8. The van der Waals surface area contributed by atoms with E-state index >= 15 is 0 Å². The van der Waals surface area contributed by atoms with E-state index in [4.69, 9.17) is 4.55 Å². The molecule has 0 atom stereocenters. The van der Waals surface area contributed by atoms with Crippen LogP contribution in [0.25, 0.3) is 0 Å². The van der Waals surface area contributed by atoms with Gasteiger partial charge in [0.2, 0.25) is 0 Å². The van der Waals surface area contributed by atoms with Crippen LogP contribution in [-0.4, -0.2) is 18.2 Å². The van der Waals surface area contributed by atoms with Crippen LogP contribution in [0.3, 0.4) is 0 Å². The molecule has 0 aliphatic carbocycles. The summed E-state index contributed by atoms with van der Waals surface area (Å²) < 4.78 is 55.0. The molecule has 0 unspecified atom stereocenters. The summed E-state index contributed by atoms with van der Waals surface area (Å²) in [6, 6.07) is 0. The van der Waals surface area contributed by atoms with Gasteiger partial charge >= 0.3 is 15.4 Å². The number of halogens is 2. The van der Waals surface area contributed by atoms with Gasteiger partial charge in [0, 0.05) is 6.42 Å². The lowest BCUT2D eigenvalue weighted by Gasteiger charge is -2.12. The number of hydrogen-bond acceptors (Lipinski definition) is 2. The summed E-state index contributed by atoms with van der Waals surface area (Å²) >= 11 is 0. The van der Waals surface area contributed by atoms with E-state index in [0.717, 1.165) is 19.3 Å². The van der Waals surface area contributed by atoms with Crippen molar-refractivity contribution in [2.45, 2.75) is 102 Å². The number of unbranched alkanes of at least 4 members (excludes halogenated alkanes) is 12.